The van der Waals surface area contributed by atoms with Gasteiger partial charge in [-0.15, -0.1) is 10.2 Å². The molecule has 0 aliphatic carbocycles. The Balaban J connectivity index is 1.67. The zero-order chi connectivity index (χ0) is 18.3. The van der Waals surface area contributed by atoms with E-state index in [2.05, 4.69) is 28.6 Å². The second-order valence-electron chi connectivity index (χ2n) is 6.92. The largest absolute Gasteiger partial charge is 0.340 e. The van der Waals surface area contributed by atoms with Crippen molar-refractivity contribution in [2.45, 2.75) is 45.2 Å². The van der Waals surface area contributed by atoms with Crippen LogP contribution in [0, 0.1) is 0 Å². The summed E-state index contributed by atoms with van der Waals surface area (Å²) in [7, 11) is 3.00. The molecular formula is C16H24N6O3. The molecule has 25 heavy (non-hydrogen) atoms. The molecule has 0 saturated carbocycles. The molecule has 2 aliphatic heterocycles. The number of nitrogens with zero attached hydrogens (tertiary/aromatic N) is 6. The number of imide groups is 1. The van der Waals surface area contributed by atoms with Gasteiger partial charge in [0.05, 0.1) is 6.42 Å². The summed E-state index contributed by atoms with van der Waals surface area (Å²) in [5.41, 5.74) is 0. The molecule has 9 nitrogen and oxygen atoms in total. The van der Waals surface area contributed by atoms with Crippen molar-refractivity contribution in [2.24, 2.45) is 0 Å². The molecule has 0 radical (unpaired) electrons. The van der Waals surface area contributed by atoms with Crippen LogP contribution in [0.3, 0.4) is 0 Å². The summed E-state index contributed by atoms with van der Waals surface area (Å²) in [6.45, 7) is 5.89. The fourth-order valence-electron chi connectivity index (χ4n) is 3.39. The van der Waals surface area contributed by atoms with Gasteiger partial charge in [0, 0.05) is 46.1 Å². The SMILES string of the molecule is CC(C)c1nnc2n1CCN(C(=O)CC1C(=O)N(C)C(=O)N1C)CC2. The average molecular weight is 348 g/mol. The summed E-state index contributed by atoms with van der Waals surface area (Å²) >= 11 is 0. The topological polar surface area (TPSA) is 91.6 Å². The number of urea groups is 1. The van der Waals surface area contributed by atoms with Crippen LogP contribution >= 0.6 is 0 Å². The molecule has 1 aromatic heterocycles. The quantitative estimate of drug-likeness (QED) is 0.721. The molecule has 0 N–H and O–H groups in total. The lowest BCUT2D eigenvalue weighted by molar-refractivity contribution is -0.136. The Morgan fingerprint density at radius 3 is 2.48 bits per heavy atom. The smallest absolute Gasteiger partial charge is 0.326 e. The summed E-state index contributed by atoms with van der Waals surface area (Å²) in [4.78, 5) is 40.8. The van der Waals surface area contributed by atoms with Crippen molar-refractivity contribution in [1.29, 1.82) is 0 Å². The van der Waals surface area contributed by atoms with Crippen molar-refractivity contribution in [1.82, 2.24) is 29.5 Å². The number of likely N-dealkylation sites (N-methyl/N-ethyl adjacent to an activating group) is 2. The summed E-state index contributed by atoms with van der Waals surface area (Å²) < 4.78 is 2.09. The van der Waals surface area contributed by atoms with E-state index in [1.807, 2.05) is 0 Å². The van der Waals surface area contributed by atoms with Gasteiger partial charge in [-0.05, 0) is 0 Å². The van der Waals surface area contributed by atoms with Crippen LogP contribution in [0.5, 0.6) is 0 Å². The van der Waals surface area contributed by atoms with E-state index >= 15 is 0 Å². The number of fused-ring (bicyclic) bond motifs is 1. The number of hydrogen-bond donors (Lipinski definition) is 0. The van der Waals surface area contributed by atoms with Crippen molar-refractivity contribution in [3.8, 4) is 0 Å². The summed E-state index contributed by atoms with van der Waals surface area (Å²) in [6.07, 6.45) is 0.655. The summed E-state index contributed by atoms with van der Waals surface area (Å²) in [6, 6.07) is -1.08. The second-order valence-corrected chi connectivity index (χ2v) is 6.92. The Morgan fingerprint density at radius 2 is 1.88 bits per heavy atom. The molecule has 2 aliphatic rings. The van der Waals surface area contributed by atoms with Crippen LogP contribution in [0.25, 0.3) is 0 Å². The normalized spacial score (nSPS) is 21.2. The molecule has 1 saturated heterocycles. The maximum absolute atomic E-state index is 12.7. The van der Waals surface area contributed by atoms with E-state index in [4.69, 9.17) is 0 Å². The molecule has 0 spiro atoms. The minimum Gasteiger partial charge on any atom is -0.340 e. The highest BCUT2D eigenvalue weighted by Gasteiger charge is 2.42. The van der Waals surface area contributed by atoms with Gasteiger partial charge in [-0.3, -0.25) is 14.5 Å². The fraction of sp³-hybridized carbons (Fsp3) is 0.688. The van der Waals surface area contributed by atoms with Gasteiger partial charge in [0.1, 0.15) is 17.7 Å². The highest BCUT2D eigenvalue weighted by atomic mass is 16.2. The second kappa shape index (κ2) is 6.45. The highest BCUT2D eigenvalue weighted by molar-refractivity contribution is 6.05. The maximum atomic E-state index is 12.7. The Labute approximate surface area is 146 Å². The first-order valence-electron chi connectivity index (χ1n) is 8.55. The number of carbonyl (C=O) groups is 3. The van der Waals surface area contributed by atoms with Crippen molar-refractivity contribution < 1.29 is 14.4 Å². The monoisotopic (exact) mass is 348 g/mol. The molecule has 1 atom stereocenters. The third-order valence-electron chi connectivity index (χ3n) is 4.96. The highest BCUT2D eigenvalue weighted by Crippen LogP contribution is 2.20. The summed E-state index contributed by atoms with van der Waals surface area (Å²) in [5.74, 6) is 1.66. The first-order valence-corrected chi connectivity index (χ1v) is 8.55. The van der Waals surface area contributed by atoms with E-state index < -0.39 is 6.04 Å². The van der Waals surface area contributed by atoms with Crippen LogP contribution in [0.1, 0.15) is 37.8 Å². The maximum Gasteiger partial charge on any atom is 0.326 e. The molecule has 4 amide bonds. The number of hydrogen-bond acceptors (Lipinski definition) is 5. The van der Waals surface area contributed by atoms with Gasteiger partial charge >= 0.3 is 6.03 Å². The van der Waals surface area contributed by atoms with Crippen LogP contribution < -0.4 is 0 Å². The molecule has 9 heteroatoms. The van der Waals surface area contributed by atoms with Gasteiger partial charge in [0.15, 0.2) is 0 Å². The summed E-state index contributed by atoms with van der Waals surface area (Å²) in [5, 5.41) is 8.48. The Bertz CT molecular complexity index is 713. The number of rotatable bonds is 3. The van der Waals surface area contributed by atoms with E-state index in [1.165, 1.54) is 11.9 Å². The van der Waals surface area contributed by atoms with E-state index in [-0.39, 0.29) is 30.2 Å². The van der Waals surface area contributed by atoms with Gasteiger partial charge < -0.3 is 14.4 Å². The van der Waals surface area contributed by atoms with E-state index in [0.717, 1.165) is 16.5 Å². The molecule has 3 heterocycles. The first kappa shape index (κ1) is 17.4. The van der Waals surface area contributed by atoms with E-state index in [9.17, 15) is 14.4 Å². The molecule has 136 valence electrons. The lowest BCUT2D eigenvalue weighted by Gasteiger charge is -2.23. The zero-order valence-electron chi connectivity index (χ0n) is 15.1. The van der Waals surface area contributed by atoms with Crippen LogP contribution in [-0.2, 0) is 22.6 Å². The van der Waals surface area contributed by atoms with Crippen molar-refractivity contribution in [3.05, 3.63) is 11.6 Å². The molecule has 0 aromatic carbocycles. The molecule has 3 rings (SSSR count). The minimum atomic E-state index is -0.710. The predicted molar refractivity (Wildman–Crippen MR) is 88.7 cm³/mol. The standard InChI is InChI=1S/C16H24N6O3/c1-10(2)14-18-17-12-5-6-21(7-8-22(12)14)13(23)9-11-15(24)20(4)16(25)19(11)3/h10-11H,5-9H2,1-4H3. The molecule has 1 unspecified atom stereocenters. The van der Waals surface area contributed by atoms with E-state index in [0.29, 0.717) is 26.1 Å². The number of aromatic nitrogens is 3. The molecule has 1 fully saturated rings. The van der Waals surface area contributed by atoms with Crippen LogP contribution in [-0.4, -0.2) is 80.5 Å². The lowest BCUT2D eigenvalue weighted by Crippen LogP contribution is -2.40. The van der Waals surface area contributed by atoms with Gasteiger partial charge in [0.2, 0.25) is 5.91 Å². The van der Waals surface area contributed by atoms with Crippen LogP contribution in [0.2, 0.25) is 0 Å². The van der Waals surface area contributed by atoms with Crippen molar-refractivity contribution in [3.63, 3.8) is 0 Å². The third-order valence-corrected chi connectivity index (χ3v) is 4.96. The van der Waals surface area contributed by atoms with Crippen LogP contribution in [0.4, 0.5) is 4.79 Å². The first-order chi connectivity index (χ1) is 11.8. The Morgan fingerprint density at radius 1 is 1.16 bits per heavy atom. The predicted octanol–water partition coefficient (Wildman–Crippen LogP) is 0.0687. The van der Waals surface area contributed by atoms with Gasteiger partial charge in [-0.25, -0.2) is 4.79 Å². The molecule has 1 aromatic rings. The van der Waals surface area contributed by atoms with Gasteiger partial charge in [-0.2, -0.15) is 0 Å². The number of carbonyl (C=O) groups excluding carboxylic acids is 3. The van der Waals surface area contributed by atoms with Gasteiger partial charge in [0.25, 0.3) is 5.91 Å². The lowest BCUT2D eigenvalue weighted by atomic mass is 10.1. The molecular weight excluding hydrogens is 324 g/mol. The third kappa shape index (κ3) is 2.98. The molecule has 0 bridgehead atoms. The Kier molecular flexibility index (Phi) is 4.49. The average Bonchev–Trinajstić information content (AvgIpc) is 2.96. The van der Waals surface area contributed by atoms with Gasteiger partial charge in [-0.1, -0.05) is 13.8 Å². The zero-order valence-corrected chi connectivity index (χ0v) is 15.1. The van der Waals surface area contributed by atoms with Crippen LogP contribution in [0.15, 0.2) is 0 Å². The minimum absolute atomic E-state index is 0.0169. The Hall–Kier alpha value is -2.45. The number of amides is 4. The van der Waals surface area contributed by atoms with E-state index in [1.54, 1.807) is 11.9 Å². The van der Waals surface area contributed by atoms with Crippen molar-refractivity contribution in [2.75, 3.05) is 27.2 Å². The fourth-order valence-corrected chi connectivity index (χ4v) is 3.39. The van der Waals surface area contributed by atoms with Crippen molar-refractivity contribution >= 4 is 17.8 Å².